The molecule has 2 N–H and O–H groups in total. The molecule has 1 aromatic rings. The maximum Gasteiger partial charge on any atom is 0.222 e. The van der Waals surface area contributed by atoms with E-state index in [4.69, 9.17) is 12.2 Å². The van der Waals surface area contributed by atoms with E-state index in [9.17, 15) is 4.79 Å². The van der Waals surface area contributed by atoms with Gasteiger partial charge in [-0.05, 0) is 18.6 Å². The molecule has 0 saturated heterocycles. The van der Waals surface area contributed by atoms with Crippen molar-refractivity contribution < 1.29 is 4.79 Å². The van der Waals surface area contributed by atoms with Crippen molar-refractivity contribution in [2.24, 2.45) is 0 Å². The van der Waals surface area contributed by atoms with Crippen molar-refractivity contribution in [1.82, 2.24) is 15.5 Å². The van der Waals surface area contributed by atoms with Gasteiger partial charge in [0.2, 0.25) is 11.0 Å². The van der Waals surface area contributed by atoms with Gasteiger partial charge in [0.25, 0.3) is 0 Å². The summed E-state index contributed by atoms with van der Waals surface area (Å²) in [7, 11) is 0. The second-order valence-corrected chi connectivity index (χ2v) is 3.96. The van der Waals surface area contributed by atoms with Crippen molar-refractivity contribution in [1.29, 1.82) is 0 Å². The number of amides is 1. The molecule has 5 nitrogen and oxygen atoms in total. The van der Waals surface area contributed by atoms with Crippen LogP contribution in [0.15, 0.2) is 0 Å². The Morgan fingerprint density at radius 1 is 1.57 bits per heavy atom. The molecule has 0 aliphatic carbocycles. The first kappa shape index (κ1) is 11.0. The second-order valence-electron chi connectivity index (χ2n) is 2.49. The third-order valence-corrected chi connectivity index (χ3v) is 2.47. The minimum Gasteiger partial charge on any atom is -0.307 e. The number of hydrogen-bond donors (Lipinski definition) is 2. The lowest BCUT2D eigenvalue weighted by Gasteiger charge is -2.02. The van der Waals surface area contributed by atoms with Crippen LogP contribution >= 0.6 is 23.6 Å². The average Bonchev–Trinajstić information content (AvgIpc) is 2.50. The van der Waals surface area contributed by atoms with Crippen LogP contribution in [0.3, 0.4) is 0 Å². The van der Waals surface area contributed by atoms with Gasteiger partial charge in [0.05, 0.1) is 0 Å². The predicted molar refractivity (Wildman–Crippen MR) is 59.3 cm³/mol. The summed E-state index contributed by atoms with van der Waals surface area (Å²) < 4.78 is 0. The number of thiocarbonyl (C=S) groups is 1. The Kier molecular flexibility index (Phi) is 3.90. The molecule has 0 bridgehead atoms. The Bertz CT molecular complexity index is 349. The number of aromatic nitrogens is 2. The highest BCUT2D eigenvalue weighted by molar-refractivity contribution is 7.80. The normalized spacial score (nSPS) is 9.57. The molecule has 0 unspecified atom stereocenters. The number of nitrogens with zero attached hydrogens (tertiary/aromatic N) is 2. The first-order valence-corrected chi connectivity index (χ1v) is 5.25. The molecule has 1 rings (SSSR count). The lowest BCUT2D eigenvalue weighted by Crippen LogP contribution is -2.32. The van der Waals surface area contributed by atoms with E-state index >= 15 is 0 Å². The molecule has 0 aromatic carbocycles. The lowest BCUT2D eigenvalue weighted by molar-refractivity contribution is -0.117. The molecule has 0 spiro atoms. The van der Waals surface area contributed by atoms with Gasteiger partial charge < -0.3 is 10.6 Å². The zero-order valence-corrected chi connectivity index (χ0v) is 9.46. The number of hydrogen-bond acceptors (Lipinski definition) is 5. The van der Waals surface area contributed by atoms with Crippen LogP contribution in [0.2, 0.25) is 0 Å². The Morgan fingerprint density at radius 2 is 2.29 bits per heavy atom. The van der Waals surface area contributed by atoms with Gasteiger partial charge in [0.15, 0.2) is 5.11 Å². The lowest BCUT2D eigenvalue weighted by atomic mass is 10.5. The van der Waals surface area contributed by atoms with Crippen molar-refractivity contribution in [2.75, 3.05) is 5.32 Å². The minimum atomic E-state index is -0.206. The summed E-state index contributed by atoms with van der Waals surface area (Å²) in [5.74, 6) is -0.206. The molecule has 0 fully saturated rings. The first-order valence-electron chi connectivity index (χ1n) is 4.02. The van der Waals surface area contributed by atoms with Crippen LogP contribution in [0.4, 0.5) is 5.13 Å². The van der Waals surface area contributed by atoms with E-state index in [1.807, 2.05) is 6.92 Å². The van der Waals surface area contributed by atoms with Crippen LogP contribution in [-0.4, -0.2) is 21.2 Å². The van der Waals surface area contributed by atoms with Gasteiger partial charge in [-0.15, -0.1) is 10.2 Å². The van der Waals surface area contributed by atoms with E-state index < -0.39 is 0 Å². The maximum absolute atomic E-state index is 10.6. The quantitative estimate of drug-likeness (QED) is 0.740. The average molecular weight is 230 g/mol. The van der Waals surface area contributed by atoms with Crippen LogP contribution in [0, 0.1) is 0 Å². The van der Waals surface area contributed by atoms with Gasteiger partial charge in [0, 0.05) is 6.92 Å². The molecule has 1 aromatic heterocycles. The minimum absolute atomic E-state index is 0.206. The van der Waals surface area contributed by atoms with Gasteiger partial charge in [0.1, 0.15) is 5.01 Å². The molecule has 7 heteroatoms. The third kappa shape index (κ3) is 3.35. The highest BCUT2D eigenvalue weighted by Gasteiger charge is 2.04. The standard InChI is InChI=1S/C7H10N4OS2/c1-3-5-10-11-7(14-5)9-6(13)8-4(2)12/h3H2,1-2H3,(H2,8,9,11,12,13). The molecule has 0 atom stereocenters. The van der Waals surface area contributed by atoms with Crippen molar-refractivity contribution in [3.8, 4) is 0 Å². The number of carbonyl (C=O) groups excluding carboxylic acids is 1. The summed E-state index contributed by atoms with van der Waals surface area (Å²) >= 11 is 6.27. The predicted octanol–water partition coefficient (Wildman–Crippen LogP) is 0.933. The van der Waals surface area contributed by atoms with Crippen molar-refractivity contribution >= 4 is 39.7 Å². The van der Waals surface area contributed by atoms with Crippen molar-refractivity contribution in [3.05, 3.63) is 5.01 Å². The zero-order valence-electron chi connectivity index (χ0n) is 7.83. The van der Waals surface area contributed by atoms with E-state index in [2.05, 4.69) is 20.8 Å². The number of nitrogens with one attached hydrogen (secondary N) is 2. The molecule has 14 heavy (non-hydrogen) atoms. The fourth-order valence-electron chi connectivity index (χ4n) is 0.735. The monoisotopic (exact) mass is 230 g/mol. The Morgan fingerprint density at radius 3 is 2.79 bits per heavy atom. The zero-order chi connectivity index (χ0) is 10.6. The number of anilines is 1. The molecule has 0 radical (unpaired) electrons. The van der Waals surface area contributed by atoms with Gasteiger partial charge in [-0.25, -0.2) is 0 Å². The van der Waals surface area contributed by atoms with E-state index in [0.29, 0.717) is 5.13 Å². The third-order valence-electron chi connectivity index (χ3n) is 1.28. The van der Waals surface area contributed by atoms with Gasteiger partial charge in [-0.3, -0.25) is 4.79 Å². The Balaban J connectivity index is 2.51. The Hall–Kier alpha value is -1.08. The van der Waals surface area contributed by atoms with Crippen LogP contribution in [-0.2, 0) is 11.2 Å². The molecule has 1 amide bonds. The van der Waals surface area contributed by atoms with Gasteiger partial charge >= 0.3 is 0 Å². The number of rotatable bonds is 2. The topological polar surface area (TPSA) is 66.9 Å². The van der Waals surface area contributed by atoms with Crippen LogP contribution in [0.5, 0.6) is 0 Å². The molecule has 1 heterocycles. The molecule has 0 saturated carbocycles. The smallest absolute Gasteiger partial charge is 0.222 e. The summed E-state index contributed by atoms with van der Waals surface area (Å²) in [6, 6.07) is 0. The van der Waals surface area contributed by atoms with Crippen molar-refractivity contribution in [2.45, 2.75) is 20.3 Å². The molecular formula is C7H10N4OS2. The summed E-state index contributed by atoms with van der Waals surface area (Å²) in [6.45, 7) is 3.39. The summed E-state index contributed by atoms with van der Waals surface area (Å²) in [6.07, 6.45) is 0.840. The molecule has 0 aliphatic heterocycles. The largest absolute Gasteiger partial charge is 0.307 e. The highest BCUT2D eigenvalue weighted by Crippen LogP contribution is 2.14. The first-order chi connectivity index (χ1) is 6.61. The van der Waals surface area contributed by atoms with Crippen LogP contribution in [0.1, 0.15) is 18.9 Å². The fraction of sp³-hybridized carbons (Fsp3) is 0.429. The van der Waals surface area contributed by atoms with E-state index in [1.165, 1.54) is 18.3 Å². The summed E-state index contributed by atoms with van der Waals surface area (Å²) in [5.41, 5.74) is 0. The summed E-state index contributed by atoms with van der Waals surface area (Å²) in [4.78, 5) is 10.6. The SMILES string of the molecule is CCc1nnc(NC(=S)NC(C)=O)s1. The fourth-order valence-corrected chi connectivity index (χ4v) is 1.72. The van der Waals surface area contributed by atoms with Crippen LogP contribution < -0.4 is 10.6 Å². The van der Waals surface area contributed by atoms with E-state index in [-0.39, 0.29) is 11.0 Å². The maximum atomic E-state index is 10.6. The van der Waals surface area contributed by atoms with Gasteiger partial charge in [-0.2, -0.15) is 0 Å². The molecule has 76 valence electrons. The van der Waals surface area contributed by atoms with Gasteiger partial charge in [-0.1, -0.05) is 18.3 Å². The summed E-state index contributed by atoms with van der Waals surface area (Å²) in [5, 5.41) is 14.7. The van der Waals surface area contributed by atoms with E-state index in [1.54, 1.807) is 0 Å². The van der Waals surface area contributed by atoms with Crippen molar-refractivity contribution in [3.63, 3.8) is 0 Å². The van der Waals surface area contributed by atoms with E-state index in [0.717, 1.165) is 11.4 Å². The highest BCUT2D eigenvalue weighted by atomic mass is 32.1. The number of carbonyl (C=O) groups is 1. The second kappa shape index (κ2) is 4.97. The van der Waals surface area contributed by atoms with Crippen LogP contribution in [0.25, 0.3) is 0 Å². The molecule has 0 aliphatic rings. The number of aryl methyl sites for hydroxylation is 1. The molecular weight excluding hydrogens is 220 g/mol. The Labute approximate surface area is 90.9 Å².